The van der Waals surface area contributed by atoms with Gasteiger partial charge in [-0.3, -0.25) is 4.79 Å². The molecule has 0 saturated carbocycles. The lowest BCUT2D eigenvalue weighted by atomic mass is 10.0. The number of fused-ring (bicyclic) bond motifs is 1. The molecule has 0 spiro atoms. The van der Waals surface area contributed by atoms with Crippen molar-refractivity contribution in [2.45, 2.75) is 13.8 Å². The quantitative estimate of drug-likeness (QED) is 0.715. The van der Waals surface area contributed by atoms with E-state index in [1.165, 1.54) is 6.92 Å². The molecular weight excluding hydrogens is 204 g/mol. The first kappa shape index (κ1) is 10.7. The van der Waals surface area contributed by atoms with Gasteiger partial charge in [-0.05, 0) is 30.7 Å². The van der Waals surface area contributed by atoms with E-state index in [-0.39, 0.29) is 5.97 Å². The van der Waals surface area contributed by atoms with Gasteiger partial charge in [0.2, 0.25) is 0 Å². The molecule has 0 radical (unpaired) electrons. The smallest absolute Gasteiger partial charge is 0.302 e. The number of carbonyl (C=O) groups is 1. The number of benzene rings is 1. The van der Waals surface area contributed by atoms with Crippen LogP contribution in [0.3, 0.4) is 0 Å². The lowest BCUT2D eigenvalue weighted by Crippen LogP contribution is -2.10. The van der Waals surface area contributed by atoms with Crippen LogP contribution in [0.15, 0.2) is 24.3 Å². The molecule has 0 amide bonds. The summed E-state index contributed by atoms with van der Waals surface area (Å²) in [7, 11) is 0. The molecule has 0 unspecified atom stereocenters. The van der Waals surface area contributed by atoms with Gasteiger partial charge in [0.15, 0.2) is 0 Å². The van der Waals surface area contributed by atoms with Crippen LogP contribution in [0.2, 0.25) is 0 Å². The summed E-state index contributed by atoms with van der Waals surface area (Å²) in [5, 5.41) is 0. The van der Waals surface area contributed by atoms with Crippen LogP contribution in [0.1, 0.15) is 18.1 Å². The summed E-state index contributed by atoms with van der Waals surface area (Å²) in [6, 6.07) is 6.00. The Kier molecular flexibility index (Phi) is 2.95. The SMILES string of the molecule is CC(=O)OCC1=CCOc2ccc(C)cc21. The third-order valence-electron chi connectivity index (χ3n) is 2.48. The van der Waals surface area contributed by atoms with Crippen molar-refractivity contribution in [3.63, 3.8) is 0 Å². The van der Waals surface area contributed by atoms with Gasteiger partial charge >= 0.3 is 5.97 Å². The van der Waals surface area contributed by atoms with Crippen LogP contribution in [-0.4, -0.2) is 19.2 Å². The van der Waals surface area contributed by atoms with Crippen molar-refractivity contribution in [2.24, 2.45) is 0 Å². The van der Waals surface area contributed by atoms with Crippen molar-refractivity contribution >= 4 is 11.5 Å². The molecule has 0 aliphatic carbocycles. The standard InChI is InChI=1S/C13H14O3/c1-9-3-4-13-12(7-9)11(5-6-15-13)8-16-10(2)14/h3-5,7H,6,8H2,1-2H3. The zero-order valence-electron chi connectivity index (χ0n) is 9.45. The fraction of sp³-hybridized carbons (Fsp3) is 0.308. The zero-order valence-corrected chi connectivity index (χ0v) is 9.45. The highest BCUT2D eigenvalue weighted by Gasteiger charge is 2.14. The van der Waals surface area contributed by atoms with Crippen molar-refractivity contribution in [1.82, 2.24) is 0 Å². The molecule has 0 aromatic heterocycles. The topological polar surface area (TPSA) is 35.5 Å². The summed E-state index contributed by atoms with van der Waals surface area (Å²) in [5.74, 6) is 0.594. The predicted octanol–water partition coefficient (Wildman–Crippen LogP) is 2.33. The average Bonchev–Trinajstić information content (AvgIpc) is 2.26. The minimum Gasteiger partial charge on any atom is -0.489 e. The van der Waals surface area contributed by atoms with Crippen LogP contribution in [0, 0.1) is 6.92 Å². The highest BCUT2D eigenvalue weighted by atomic mass is 16.5. The van der Waals surface area contributed by atoms with Crippen LogP contribution < -0.4 is 4.74 Å². The molecule has 1 aliphatic heterocycles. The number of hydrogen-bond acceptors (Lipinski definition) is 3. The average molecular weight is 218 g/mol. The summed E-state index contributed by atoms with van der Waals surface area (Å²) in [6.07, 6.45) is 1.95. The van der Waals surface area contributed by atoms with E-state index < -0.39 is 0 Å². The molecule has 2 rings (SSSR count). The first-order valence-corrected chi connectivity index (χ1v) is 5.23. The van der Waals surface area contributed by atoms with Crippen molar-refractivity contribution in [2.75, 3.05) is 13.2 Å². The van der Waals surface area contributed by atoms with E-state index in [2.05, 4.69) is 0 Å². The van der Waals surface area contributed by atoms with Gasteiger partial charge in [0.05, 0.1) is 0 Å². The second-order valence-corrected chi connectivity index (χ2v) is 3.82. The van der Waals surface area contributed by atoms with Crippen molar-refractivity contribution in [1.29, 1.82) is 0 Å². The lowest BCUT2D eigenvalue weighted by molar-refractivity contribution is -0.139. The first-order valence-electron chi connectivity index (χ1n) is 5.23. The van der Waals surface area contributed by atoms with Crippen LogP contribution in [0.5, 0.6) is 5.75 Å². The van der Waals surface area contributed by atoms with E-state index in [1.807, 2.05) is 31.2 Å². The molecule has 0 N–H and O–H groups in total. The number of esters is 1. The molecule has 0 saturated heterocycles. The Morgan fingerprint density at radius 1 is 1.50 bits per heavy atom. The third kappa shape index (κ3) is 2.24. The van der Waals surface area contributed by atoms with Crippen LogP contribution >= 0.6 is 0 Å². The predicted molar refractivity (Wildman–Crippen MR) is 61.3 cm³/mol. The highest BCUT2D eigenvalue weighted by Crippen LogP contribution is 2.30. The molecule has 1 aromatic rings. The molecule has 16 heavy (non-hydrogen) atoms. The van der Waals surface area contributed by atoms with Gasteiger partial charge in [-0.2, -0.15) is 0 Å². The molecule has 84 valence electrons. The van der Waals surface area contributed by atoms with E-state index >= 15 is 0 Å². The Hall–Kier alpha value is -1.77. The molecule has 3 nitrogen and oxygen atoms in total. The molecule has 3 heteroatoms. The summed E-state index contributed by atoms with van der Waals surface area (Å²) in [4.78, 5) is 10.8. The van der Waals surface area contributed by atoms with Crippen LogP contribution in [0.4, 0.5) is 0 Å². The minimum absolute atomic E-state index is 0.262. The zero-order chi connectivity index (χ0) is 11.5. The van der Waals surface area contributed by atoms with E-state index in [4.69, 9.17) is 9.47 Å². The first-order chi connectivity index (χ1) is 7.66. The second-order valence-electron chi connectivity index (χ2n) is 3.82. The molecular formula is C13H14O3. The van der Waals surface area contributed by atoms with E-state index in [0.29, 0.717) is 13.2 Å². The Balaban J connectivity index is 2.25. The van der Waals surface area contributed by atoms with Gasteiger partial charge in [0, 0.05) is 12.5 Å². The summed E-state index contributed by atoms with van der Waals surface area (Å²) in [5.41, 5.74) is 3.20. The van der Waals surface area contributed by atoms with Gasteiger partial charge < -0.3 is 9.47 Å². The summed E-state index contributed by atoms with van der Waals surface area (Å²) < 4.78 is 10.5. The monoisotopic (exact) mass is 218 g/mol. The molecule has 1 aromatic carbocycles. The van der Waals surface area contributed by atoms with E-state index in [0.717, 1.165) is 22.4 Å². The highest BCUT2D eigenvalue weighted by molar-refractivity contribution is 5.75. The maximum atomic E-state index is 10.8. The number of aryl methyl sites for hydroxylation is 1. The minimum atomic E-state index is -0.262. The largest absolute Gasteiger partial charge is 0.489 e. The van der Waals surface area contributed by atoms with Crippen LogP contribution in [-0.2, 0) is 9.53 Å². The molecule has 0 bridgehead atoms. The fourth-order valence-corrected chi connectivity index (χ4v) is 1.68. The van der Waals surface area contributed by atoms with Crippen molar-refractivity contribution < 1.29 is 14.3 Å². The van der Waals surface area contributed by atoms with Gasteiger partial charge in [-0.15, -0.1) is 0 Å². The van der Waals surface area contributed by atoms with E-state index in [9.17, 15) is 4.79 Å². The van der Waals surface area contributed by atoms with Crippen molar-refractivity contribution in [3.8, 4) is 5.75 Å². The van der Waals surface area contributed by atoms with Gasteiger partial charge in [-0.1, -0.05) is 11.6 Å². The molecule has 0 fully saturated rings. The third-order valence-corrected chi connectivity index (χ3v) is 2.48. The number of hydrogen-bond donors (Lipinski definition) is 0. The fourth-order valence-electron chi connectivity index (χ4n) is 1.68. The summed E-state index contributed by atoms with van der Waals surface area (Å²) >= 11 is 0. The second kappa shape index (κ2) is 4.39. The Morgan fingerprint density at radius 2 is 2.31 bits per heavy atom. The molecule has 0 atom stereocenters. The van der Waals surface area contributed by atoms with Crippen molar-refractivity contribution in [3.05, 3.63) is 35.4 Å². The van der Waals surface area contributed by atoms with Gasteiger partial charge in [-0.25, -0.2) is 0 Å². The van der Waals surface area contributed by atoms with Gasteiger partial charge in [0.25, 0.3) is 0 Å². The Morgan fingerprint density at radius 3 is 3.06 bits per heavy atom. The van der Waals surface area contributed by atoms with Crippen LogP contribution in [0.25, 0.3) is 5.57 Å². The normalized spacial score (nSPS) is 13.5. The lowest BCUT2D eigenvalue weighted by Gasteiger charge is -2.18. The number of ether oxygens (including phenoxy) is 2. The van der Waals surface area contributed by atoms with E-state index in [1.54, 1.807) is 0 Å². The Labute approximate surface area is 94.7 Å². The molecule has 1 aliphatic rings. The number of rotatable bonds is 2. The maximum absolute atomic E-state index is 10.8. The maximum Gasteiger partial charge on any atom is 0.302 e. The van der Waals surface area contributed by atoms with Gasteiger partial charge in [0.1, 0.15) is 19.0 Å². The summed E-state index contributed by atoms with van der Waals surface area (Å²) in [6.45, 7) is 4.29. The molecule has 1 heterocycles. The Bertz CT molecular complexity index is 446. The number of carbonyl (C=O) groups excluding carboxylic acids is 1.